The number of rotatable bonds is 2. The minimum Gasteiger partial charge on any atom is -0.465 e. The molecular formula is C7H7N3O4. The normalized spacial score (nSPS) is 9.43. The molecule has 0 saturated heterocycles. The molecule has 1 aromatic carbocycles. The van der Waals surface area contributed by atoms with Crippen molar-refractivity contribution < 1.29 is 14.8 Å². The predicted molar refractivity (Wildman–Crippen MR) is 49.2 cm³/mol. The lowest BCUT2D eigenvalue weighted by Gasteiger charge is -2.01. The number of carbonyl (C=O) groups is 1. The highest BCUT2D eigenvalue weighted by Crippen LogP contribution is 2.24. The van der Waals surface area contributed by atoms with Gasteiger partial charge >= 0.3 is 6.09 Å². The molecule has 1 aromatic rings. The summed E-state index contributed by atoms with van der Waals surface area (Å²) in [7, 11) is 0. The van der Waals surface area contributed by atoms with E-state index >= 15 is 0 Å². The summed E-state index contributed by atoms with van der Waals surface area (Å²) >= 11 is 0. The molecule has 1 amide bonds. The van der Waals surface area contributed by atoms with Crippen LogP contribution in [0.25, 0.3) is 0 Å². The van der Waals surface area contributed by atoms with Gasteiger partial charge in [0.2, 0.25) is 0 Å². The van der Waals surface area contributed by atoms with Crippen molar-refractivity contribution >= 4 is 23.2 Å². The van der Waals surface area contributed by atoms with E-state index in [-0.39, 0.29) is 17.1 Å². The molecule has 0 radical (unpaired) electrons. The van der Waals surface area contributed by atoms with Gasteiger partial charge in [0.25, 0.3) is 5.69 Å². The van der Waals surface area contributed by atoms with E-state index in [0.29, 0.717) is 0 Å². The molecule has 0 bridgehead atoms. The maximum absolute atomic E-state index is 10.4. The molecule has 1 rings (SSSR count). The smallest absolute Gasteiger partial charge is 0.409 e. The van der Waals surface area contributed by atoms with Gasteiger partial charge in [0.05, 0.1) is 10.6 Å². The Bertz CT molecular complexity index is 391. The van der Waals surface area contributed by atoms with Crippen molar-refractivity contribution in [3.05, 3.63) is 28.3 Å². The van der Waals surface area contributed by atoms with Crippen LogP contribution >= 0.6 is 0 Å². The number of nitrogens with zero attached hydrogens (tertiary/aromatic N) is 1. The highest BCUT2D eigenvalue weighted by atomic mass is 16.6. The van der Waals surface area contributed by atoms with Gasteiger partial charge in [-0.25, -0.2) is 4.79 Å². The van der Waals surface area contributed by atoms with Gasteiger partial charge in [0.1, 0.15) is 5.69 Å². The van der Waals surface area contributed by atoms with E-state index in [0.717, 1.165) is 6.07 Å². The highest BCUT2D eigenvalue weighted by molar-refractivity contribution is 5.84. The van der Waals surface area contributed by atoms with E-state index < -0.39 is 11.0 Å². The van der Waals surface area contributed by atoms with E-state index in [1.807, 2.05) is 5.32 Å². The van der Waals surface area contributed by atoms with Crippen molar-refractivity contribution in [1.29, 1.82) is 0 Å². The number of nitrogens with one attached hydrogen (secondary N) is 1. The summed E-state index contributed by atoms with van der Waals surface area (Å²) in [5, 5.41) is 20.7. The number of hydrogen-bond acceptors (Lipinski definition) is 4. The first kappa shape index (κ1) is 9.78. The zero-order valence-electron chi connectivity index (χ0n) is 6.93. The standard InChI is InChI=1S/C7H7N3O4/c8-5-2-1-4(9-7(11)12)3-6(5)10(13)14/h1-3,9H,8H2,(H,11,12). The topological polar surface area (TPSA) is 118 Å². The van der Waals surface area contributed by atoms with Crippen molar-refractivity contribution in [2.75, 3.05) is 11.1 Å². The molecule has 0 atom stereocenters. The molecule has 4 N–H and O–H groups in total. The Morgan fingerprint density at radius 2 is 2.21 bits per heavy atom. The second kappa shape index (κ2) is 3.60. The maximum atomic E-state index is 10.4. The minimum absolute atomic E-state index is 0.00839. The highest BCUT2D eigenvalue weighted by Gasteiger charge is 2.12. The fraction of sp³-hybridized carbons (Fsp3) is 0. The van der Waals surface area contributed by atoms with Crippen molar-refractivity contribution in [3.63, 3.8) is 0 Å². The summed E-state index contributed by atoms with van der Waals surface area (Å²) in [6.45, 7) is 0. The SMILES string of the molecule is Nc1ccc(NC(=O)O)cc1[N+](=O)[O-]. The van der Waals surface area contributed by atoms with Gasteiger partial charge in [-0.05, 0) is 12.1 Å². The van der Waals surface area contributed by atoms with Crippen molar-refractivity contribution in [1.82, 2.24) is 0 Å². The molecule has 7 nitrogen and oxygen atoms in total. The summed E-state index contributed by atoms with van der Waals surface area (Å²) < 4.78 is 0. The molecule has 14 heavy (non-hydrogen) atoms. The quantitative estimate of drug-likeness (QED) is 0.374. The van der Waals surface area contributed by atoms with E-state index in [4.69, 9.17) is 10.8 Å². The van der Waals surface area contributed by atoms with Crippen LogP contribution in [0.15, 0.2) is 18.2 Å². The molecule has 0 aliphatic heterocycles. The van der Waals surface area contributed by atoms with Gasteiger partial charge in [-0.3, -0.25) is 15.4 Å². The van der Waals surface area contributed by atoms with Crippen molar-refractivity contribution in [3.8, 4) is 0 Å². The lowest BCUT2D eigenvalue weighted by molar-refractivity contribution is -0.383. The number of nitrogens with two attached hydrogens (primary N) is 1. The van der Waals surface area contributed by atoms with Crippen molar-refractivity contribution in [2.24, 2.45) is 0 Å². The largest absolute Gasteiger partial charge is 0.465 e. The molecule has 74 valence electrons. The molecule has 0 heterocycles. The van der Waals surface area contributed by atoms with Crippen LogP contribution in [0.5, 0.6) is 0 Å². The first-order chi connectivity index (χ1) is 6.50. The Labute approximate surface area is 78.3 Å². The summed E-state index contributed by atoms with van der Waals surface area (Å²) in [6.07, 6.45) is -1.29. The van der Waals surface area contributed by atoms with Crippen LogP contribution in [-0.4, -0.2) is 16.1 Å². The average molecular weight is 197 g/mol. The van der Waals surface area contributed by atoms with Gasteiger partial charge in [0, 0.05) is 6.07 Å². The van der Waals surface area contributed by atoms with Gasteiger partial charge < -0.3 is 10.8 Å². The van der Waals surface area contributed by atoms with E-state index in [1.54, 1.807) is 0 Å². The second-order valence-electron chi connectivity index (χ2n) is 2.46. The Kier molecular flexibility index (Phi) is 2.52. The van der Waals surface area contributed by atoms with Crippen LogP contribution in [0.4, 0.5) is 21.9 Å². The Balaban J connectivity index is 3.06. The average Bonchev–Trinajstić information content (AvgIpc) is 2.07. The van der Waals surface area contributed by atoms with Gasteiger partial charge in [-0.1, -0.05) is 0 Å². The van der Waals surface area contributed by atoms with Crippen LogP contribution in [0.3, 0.4) is 0 Å². The van der Waals surface area contributed by atoms with Crippen LogP contribution < -0.4 is 11.1 Å². The Hall–Kier alpha value is -2.31. The molecule has 0 aliphatic rings. The number of nitrogen functional groups attached to an aromatic ring is 1. The number of carboxylic acid groups (broad SMARTS) is 1. The van der Waals surface area contributed by atoms with Crippen LogP contribution in [-0.2, 0) is 0 Å². The number of amides is 1. The molecule has 0 unspecified atom stereocenters. The molecule has 0 fully saturated rings. The van der Waals surface area contributed by atoms with Crippen LogP contribution in [0.1, 0.15) is 0 Å². The Morgan fingerprint density at radius 1 is 1.57 bits per heavy atom. The number of nitro benzene ring substituents is 1. The third-order valence-corrected chi connectivity index (χ3v) is 1.48. The third-order valence-electron chi connectivity index (χ3n) is 1.48. The zero-order chi connectivity index (χ0) is 10.7. The molecule has 0 spiro atoms. The minimum atomic E-state index is -1.29. The van der Waals surface area contributed by atoms with E-state index in [9.17, 15) is 14.9 Å². The van der Waals surface area contributed by atoms with Gasteiger partial charge in [-0.2, -0.15) is 0 Å². The summed E-state index contributed by atoms with van der Waals surface area (Å²) in [5.41, 5.74) is 5.08. The monoisotopic (exact) mass is 197 g/mol. The summed E-state index contributed by atoms with van der Waals surface area (Å²) in [6, 6.07) is 3.67. The lowest BCUT2D eigenvalue weighted by Crippen LogP contribution is -2.07. The number of nitro groups is 1. The number of hydrogen-bond donors (Lipinski definition) is 3. The lowest BCUT2D eigenvalue weighted by atomic mass is 10.2. The summed E-state index contributed by atoms with van der Waals surface area (Å²) in [5.74, 6) is 0. The zero-order valence-corrected chi connectivity index (χ0v) is 6.93. The van der Waals surface area contributed by atoms with Crippen LogP contribution in [0.2, 0.25) is 0 Å². The molecule has 0 aliphatic carbocycles. The van der Waals surface area contributed by atoms with Crippen molar-refractivity contribution in [2.45, 2.75) is 0 Å². The molecular weight excluding hydrogens is 190 g/mol. The third kappa shape index (κ3) is 2.09. The molecule has 7 heteroatoms. The first-order valence-corrected chi connectivity index (χ1v) is 3.54. The van der Waals surface area contributed by atoms with E-state index in [1.165, 1.54) is 12.1 Å². The van der Waals surface area contributed by atoms with Gasteiger partial charge in [0.15, 0.2) is 0 Å². The fourth-order valence-electron chi connectivity index (χ4n) is 0.903. The first-order valence-electron chi connectivity index (χ1n) is 3.54. The number of benzene rings is 1. The van der Waals surface area contributed by atoms with Crippen LogP contribution in [0, 0.1) is 10.1 Å². The Morgan fingerprint density at radius 3 is 2.71 bits per heavy atom. The molecule has 0 aromatic heterocycles. The molecule has 0 saturated carbocycles. The van der Waals surface area contributed by atoms with Gasteiger partial charge in [-0.15, -0.1) is 0 Å². The van der Waals surface area contributed by atoms with E-state index in [2.05, 4.69) is 0 Å². The second-order valence-corrected chi connectivity index (χ2v) is 2.46. The summed E-state index contributed by atoms with van der Waals surface area (Å²) in [4.78, 5) is 20.0. The maximum Gasteiger partial charge on any atom is 0.409 e. The fourth-order valence-corrected chi connectivity index (χ4v) is 0.903. The number of anilines is 2. The predicted octanol–water partition coefficient (Wildman–Crippen LogP) is 1.27.